The van der Waals surface area contributed by atoms with Crippen molar-refractivity contribution in [2.24, 2.45) is 0 Å². The van der Waals surface area contributed by atoms with Crippen molar-refractivity contribution in [2.45, 2.75) is 30.8 Å². The molecule has 188 valence electrons. The zero-order valence-electron chi connectivity index (χ0n) is 19.4. The SMILES string of the molecule is CC(c1ccccc1OCCCn1ccnc1)N(c1cc(Cl)ccc1F)S(=O)(=O)c1ccc(Cl)cc1. The Labute approximate surface area is 219 Å². The first kappa shape index (κ1) is 26.0. The van der Waals surface area contributed by atoms with Crippen molar-refractivity contribution in [3.05, 3.63) is 107 Å². The molecule has 0 saturated heterocycles. The Kier molecular flexibility index (Phi) is 8.18. The van der Waals surface area contributed by atoms with E-state index in [0.29, 0.717) is 22.9 Å². The second-order valence-corrected chi connectivity index (χ2v) is 10.8. The molecule has 0 spiro atoms. The normalized spacial score (nSPS) is 12.3. The summed E-state index contributed by atoms with van der Waals surface area (Å²) in [5, 5.41) is 0.593. The van der Waals surface area contributed by atoms with Crippen LogP contribution in [0.5, 0.6) is 5.75 Å². The number of sulfonamides is 1. The molecule has 0 radical (unpaired) electrons. The fourth-order valence-corrected chi connectivity index (χ4v) is 5.78. The minimum Gasteiger partial charge on any atom is -0.493 e. The van der Waals surface area contributed by atoms with Crippen LogP contribution in [0.15, 0.2) is 90.3 Å². The summed E-state index contributed by atoms with van der Waals surface area (Å²) in [6, 6.07) is 15.8. The average Bonchev–Trinajstić information content (AvgIpc) is 3.38. The number of aromatic nitrogens is 2. The van der Waals surface area contributed by atoms with Gasteiger partial charge in [0.15, 0.2) is 0 Å². The van der Waals surface area contributed by atoms with Crippen LogP contribution in [0.4, 0.5) is 10.1 Å². The van der Waals surface area contributed by atoms with Crippen molar-refractivity contribution >= 4 is 38.9 Å². The van der Waals surface area contributed by atoms with Crippen molar-refractivity contribution in [3.8, 4) is 5.75 Å². The number of para-hydroxylation sites is 1. The molecule has 36 heavy (non-hydrogen) atoms. The van der Waals surface area contributed by atoms with E-state index in [1.54, 1.807) is 43.7 Å². The molecule has 0 N–H and O–H groups in total. The van der Waals surface area contributed by atoms with E-state index in [-0.39, 0.29) is 15.6 Å². The number of ether oxygens (including phenoxy) is 1. The second-order valence-electron chi connectivity index (χ2n) is 8.07. The van der Waals surface area contributed by atoms with E-state index in [1.165, 1.54) is 36.4 Å². The lowest BCUT2D eigenvalue weighted by Crippen LogP contribution is -2.34. The van der Waals surface area contributed by atoms with Crippen LogP contribution in [0.3, 0.4) is 0 Å². The number of benzene rings is 3. The van der Waals surface area contributed by atoms with Crippen LogP contribution in [0.1, 0.15) is 24.9 Å². The first-order valence-corrected chi connectivity index (χ1v) is 13.4. The Balaban J connectivity index is 1.70. The molecule has 3 aromatic carbocycles. The van der Waals surface area contributed by atoms with Crippen LogP contribution in [-0.4, -0.2) is 24.6 Å². The second kappa shape index (κ2) is 11.3. The van der Waals surface area contributed by atoms with Crippen LogP contribution in [-0.2, 0) is 16.6 Å². The van der Waals surface area contributed by atoms with Gasteiger partial charge in [-0.2, -0.15) is 0 Å². The molecule has 0 saturated carbocycles. The van der Waals surface area contributed by atoms with Crippen LogP contribution in [0, 0.1) is 5.82 Å². The maximum atomic E-state index is 15.1. The van der Waals surface area contributed by atoms with Crippen LogP contribution >= 0.6 is 23.2 Å². The monoisotopic (exact) mass is 547 g/mol. The predicted molar refractivity (Wildman–Crippen MR) is 140 cm³/mol. The number of hydrogen-bond donors (Lipinski definition) is 0. The van der Waals surface area contributed by atoms with E-state index < -0.39 is 21.9 Å². The highest BCUT2D eigenvalue weighted by Gasteiger charge is 2.33. The fourth-order valence-electron chi connectivity index (χ4n) is 3.85. The van der Waals surface area contributed by atoms with Crippen molar-refractivity contribution in [2.75, 3.05) is 10.9 Å². The van der Waals surface area contributed by atoms with Gasteiger partial charge in [0.25, 0.3) is 10.0 Å². The lowest BCUT2D eigenvalue weighted by Gasteiger charge is -2.32. The van der Waals surface area contributed by atoms with Crippen LogP contribution < -0.4 is 9.04 Å². The summed E-state index contributed by atoms with van der Waals surface area (Å²) < 4.78 is 51.8. The van der Waals surface area contributed by atoms with Gasteiger partial charge >= 0.3 is 0 Å². The largest absolute Gasteiger partial charge is 0.493 e. The number of imidazole rings is 1. The highest BCUT2D eigenvalue weighted by molar-refractivity contribution is 7.92. The molecule has 0 fully saturated rings. The quantitative estimate of drug-likeness (QED) is 0.206. The third kappa shape index (κ3) is 5.83. The molecule has 4 aromatic rings. The van der Waals surface area contributed by atoms with Gasteiger partial charge in [0.05, 0.1) is 29.6 Å². The first-order valence-electron chi connectivity index (χ1n) is 11.2. The van der Waals surface area contributed by atoms with Gasteiger partial charge in [0, 0.05) is 34.5 Å². The molecular formula is C26H24Cl2FN3O3S. The number of hydrogen-bond acceptors (Lipinski definition) is 4. The van der Waals surface area contributed by atoms with Crippen molar-refractivity contribution < 1.29 is 17.5 Å². The lowest BCUT2D eigenvalue weighted by molar-refractivity contribution is 0.297. The Hall–Kier alpha value is -3.07. The molecule has 6 nitrogen and oxygen atoms in total. The Morgan fingerprint density at radius 3 is 2.50 bits per heavy atom. The van der Waals surface area contributed by atoms with Gasteiger partial charge < -0.3 is 9.30 Å². The predicted octanol–water partition coefficient (Wildman–Crippen LogP) is 6.75. The van der Waals surface area contributed by atoms with Crippen LogP contribution in [0.2, 0.25) is 10.0 Å². The summed E-state index contributed by atoms with van der Waals surface area (Å²) in [4.78, 5) is 3.99. The standard InChI is InChI=1S/C26H24Cl2FN3O3S/c1-19(23-5-2-3-6-26(23)35-16-4-14-31-15-13-30-18-31)32(25-17-21(28)9-12-24(25)29)36(33,34)22-10-7-20(27)8-11-22/h2-3,5-13,15,17-19H,4,14,16H2,1H3. The zero-order valence-corrected chi connectivity index (χ0v) is 21.7. The molecule has 1 unspecified atom stereocenters. The van der Waals surface area contributed by atoms with Gasteiger partial charge in [0.1, 0.15) is 11.6 Å². The Morgan fingerprint density at radius 1 is 1.06 bits per heavy atom. The van der Waals surface area contributed by atoms with E-state index in [2.05, 4.69) is 4.98 Å². The van der Waals surface area contributed by atoms with Gasteiger partial charge in [-0.3, -0.25) is 4.31 Å². The summed E-state index contributed by atoms with van der Waals surface area (Å²) >= 11 is 12.1. The van der Waals surface area contributed by atoms with E-state index in [1.807, 2.05) is 10.8 Å². The number of rotatable bonds is 10. The zero-order chi connectivity index (χ0) is 25.7. The molecule has 0 aliphatic carbocycles. The molecule has 4 rings (SSSR count). The minimum atomic E-state index is -4.22. The maximum Gasteiger partial charge on any atom is 0.264 e. The number of aryl methyl sites for hydroxylation is 1. The van der Waals surface area contributed by atoms with E-state index in [0.717, 1.165) is 23.3 Å². The van der Waals surface area contributed by atoms with E-state index >= 15 is 4.39 Å². The summed E-state index contributed by atoms with van der Waals surface area (Å²) in [6.07, 6.45) is 6.03. The van der Waals surface area contributed by atoms with Gasteiger partial charge in [-0.25, -0.2) is 17.8 Å². The Morgan fingerprint density at radius 2 is 1.78 bits per heavy atom. The molecule has 1 atom stereocenters. The average molecular weight is 548 g/mol. The van der Waals surface area contributed by atoms with Gasteiger partial charge in [-0.05, 0) is 61.9 Å². The highest BCUT2D eigenvalue weighted by Crippen LogP contribution is 2.39. The maximum absolute atomic E-state index is 15.1. The number of halogens is 3. The summed E-state index contributed by atoms with van der Waals surface area (Å²) in [5.74, 6) is -0.211. The van der Waals surface area contributed by atoms with Gasteiger partial charge in [0.2, 0.25) is 0 Å². The fraction of sp³-hybridized carbons (Fsp3) is 0.192. The summed E-state index contributed by atoms with van der Waals surface area (Å²) in [7, 11) is -4.22. The molecule has 10 heteroatoms. The minimum absolute atomic E-state index is 0.0307. The first-order chi connectivity index (χ1) is 17.3. The topological polar surface area (TPSA) is 64.4 Å². The van der Waals surface area contributed by atoms with Crippen LogP contribution in [0.25, 0.3) is 0 Å². The lowest BCUT2D eigenvalue weighted by atomic mass is 10.1. The van der Waals surface area contributed by atoms with Crippen molar-refractivity contribution in [1.82, 2.24) is 9.55 Å². The number of nitrogens with zero attached hydrogens (tertiary/aromatic N) is 3. The molecule has 0 amide bonds. The summed E-state index contributed by atoms with van der Waals surface area (Å²) in [6.45, 7) is 2.81. The smallest absolute Gasteiger partial charge is 0.264 e. The molecule has 1 heterocycles. The van der Waals surface area contributed by atoms with Crippen molar-refractivity contribution in [3.63, 3.8) is 0 Å². The Bertz CT molecular complexity index is 1410. The molecular weight excluding hydrogens is 524 g/mol. The summed E-state index contributed by atoms with van der Waals surface area (Å²) in [5.41, 5.74) is 0.414. The van der Waals surface area contributed by atoms with Gasteiger partial charge in [-0.1, -0.05) is 41.4 Å². The molecule has 0 aliphatic heterocycles. The molecule has 0 bridgehead atoms. The number of anilines is 1. The molecule has 0 aliphatic rings. The third-order valence-electron chi connectivity index (χ3n) is 5.61. The van der Waals surface area contributed by atoms with Gasteiger partial charge in [-0.15, -0.1) is 0 Å². The van der Waals surface area contributed by atoms with E-state index in [4.69, 9.17) is 27.9 Å². The van der Waals surface area contributed by atoms with Crippen molar-refractivity contribution in [1.29, 1.82) is 0 Å². The third-order valence-corrected chi connectivity index (χ3v) is 8.00. The molecule has 1 aromatic heterocycles. The van der Waals surface area contributed by atoms with E-state index in [9.17, 15) is 8.42 Å². The highest BCUT2D eigenvalue weighted by atomic mass is 35.5.